The van der Waals surface area contributed by atoms with Crippen LogP contribution in [0.3, 0.4) is 0 Å². The Morgan fingerprint density at radius 2 is 2.23 bits per heavy atom. The molecular formula is C10H11NOS. The van der Waals surface area contributed by atoms with Crippen molar-refractivity contribution in [2.24, 2.45) is 0 Å². The summed E-state index contributed by atoms with van der Waals surface area (Å²) in [5, 5.41) is 2.09. The summed E-state index contributed by atoms with van der Waals surface area (Å²) in [6.07, 6.45) is 2.07. The summed E-state index contributed by atoms with van der Waals surface area (Å²) in [6, 6.07) is 8.05. The molecule has 0 fully saturated rings. The van der Waals surface area contributed by atoms with Crippen molar-refractivity contribution in [1.82, 2.24) is 0 Å². The number of methoxy groups -OCH3 is 1. The first kappa shape index (κ1) is 8.51. The van der Waals surface area contributed by atoms with Crippen LogP contribution in [0.4, 0.5) is 5.69 Å². The van der Waals surface area contributed by atoms with Crippen LogP contribution >= 0.6 is 11.8 Å². The lowest BCUT2D eigenvalue weighted by molar-refractivity contribution is 0.415. The summed E-state index contributed by atoms with van der Waals surface area (Å²) >= 11 is 1.79. The number of nitrogens with zero attached hydrogens (tertiary/aromatic N) is 1. The lowest BCUT2D eigenvalue weighted by Gasteiger charge is -2.17. The largest absolute Gasteiger partial charge is 0.495 e. The maximum absolute atomic E-state index is 5.27. The van der Waals surface area contributed by atoms with E-state index in [4.69, 9.17) is 4.74 Å². The van der Waals surface area contributed by atoms with Crippen LogP contribution in [0, 0.1) is 0 Å². The normalized spacial score (nSPS) is 15.0. The highest BCUT2D eigenvalue weighted by molar-refractivity contribution is 8.02. The first-order chi connectivity index (χ1) is 6.42. The molecule has 0 unspecified atom stereocenters. The van der Waals surface area contributed by atoms with Crippen molar-refractivity contribution < 1.29 is 4.74 Å². The van der Waals surface area contributed by atoms with Crippen molar-refractivity contribution in [2.75, 3.05) is 17.9 Å². The molecule has 0 N–H and O–H groups in total. The minimum absolute atomic E-state index is 0.926. The van der Waals surface area contributed by atoms with Gasteiger partial charge >= 0.3 is 0 Å². The Balaban J connectivity index is 2.32. The molecule has 0 aliphatic carbocycles. The molecule has 1 heterocycles. The summed E-state index contributed by atoms with van der Waals surface area (Å²) in [5.41, 5.74) is 1.13. The van der Waals surface area contributed by atoms with Gasteiger partial charge in [0.15, 0.2) is 0 Å². The van der Waals surface area contributed by atoms with Gasteiger partial charge in [-0.15, -0.1) is 11.8 Å². The van der Waals surface area contributed by atoms with E-state index in [9.17, 15) is 0 Å². The van der Waals surface area contributed by atoms with Crippen molar-refractivity contribution in [2.45, 2.75) is 0 Å². The Kier molecular flexibility index (Phi) is 2.45. The zero-order valence-electron chi connectivity index (χ0n) is 7.43. The summed E-state index contributed by atoms with van der Waals surface area (Å²) < 4.78 is 5.27. The van der Waals surface area contributed by atoms with Crippen molar-refractivity contribution in [3.05, 3.63) is 35.9 Å². The van der Waals surface area contributed by atoms with Gasteiger partial charge in [-0.05, 0) is 17.5 Å². The van der Waals surface area contributed by atoms with Crippen LogP contribution in [0.1, 0.15) is 0 Å². The van der Waals surface area contributed by atoms with Crippen LogP contribution in [-0.4, -0.2) is 13.0 Å². The number of ether oxygens (including phenoxy) is 1. The van der Waals surface area contributed by atoms with Crippen LogP contribution in [0.5, 0.6) is 5.75 Å². The summed E-state index contributed by atoms with van der Waals surface area (Å²) in [5.74, 6) is 1.90. The van der Waals surface area contributed by atoms with E-state index in [1.54, 1.807) is 18.9 Å². The fourth-order valence-corrected chi connectivity index (χ4v) is 2.00. The van der Waals surface area contributed by atoms with E-state index in [1.165, 1.54) is 0 Å². The molecule has 0 spiro atoms. The SMILES string of the molecule is COc1ccccc1N1C=CSC1. The molecule has 2 rings (SSSR count). The van der Waals surface area contributed by atoms with Crippen LogP contribution in [0.25, 0.3) is 0 Å². The highest BCUT2D eigenvalue weighted by Gasteiger charge is 2.11. The van der Waals surface area contributed by atoms with E-state index in [-0.39, 0.29) is 0 Å². The molecule has 13 heavy (non-hydrogen) atoms. The molecular weight excluding hydrogens is 182 g/mol. The quantitative estimate of drug-likeness (QED) is 0.716. The Labute approximate surface area is 82.2 Å². The van der Waals surface area contributed by atoms with Gasteiger partial charge in [-0.25, -0.2) is 0 Å². The lowest BCUT2D eigenvalue weighted by atomic mass is 10.3. The van der Waals surface area contributed by atoms with Crippen molar-refractivity contribution in [1.29, 1.82) is 0 Å². The predicted octanol–water partition coefficient (Wildman–Crippen LogP) is 2.68. The Morgan fingerprint density at radius 3 is 2.92 bits per heavy atom. The average Bonchev–Trinajstić information content (AvgIpc) is 2.70. The van der Waals surface area contributed by atoms with E-state index in [0.29, 0.717) is 0 Å². The maximum atomic E-state index is 5.27. The Morgan fingerprint density at radius 1 is 1.38 bits per heavy atom. The van der Waals surface area contributed by atoms with Crippen molar-refractivity contribution >= 4 is 17.4 Å². The number of hydrogen-bond acceptors (Lipinski definition) is 3. The second-order valence-electron chi connectivity index (χ2n) is 2.72. The number of anilines is 1. The van der Waals surface area contributed by atoms with Gasteiger partial charge in [0.1, 0.15) is 5.75 Å². The molecule has 0 radical (unpaired) electrons. The zero-order valence-corrected chi connectivity index (χ0v) is 8.25. The van der Waals surface area contributed by atoms with Crippen LogP contribution in [-0.2, 0) is 0 Å². The first-order valence-electron chi connectivity index (χ1n) is 4.10. The second-order valence-corrected chi connectivity index (χ2v) is 3.59. The summed E-state index contributed by atoms with van der Waals surface area (Å²) in [4.78, 5) is 2.17. The summed E-state index contributed by atoms with van der Waals surface area (Å²) in [6.45, 7) is 0. The molecule has 0 saturated carbocycles. The van der Waals surface area contributed by atoms with Gasteiger partial charge in [-0.1, -0.05) is 12.1 Å². The fourth-order valence-electron chi connectivity index (χ4n) is 1.30. The van der Waals surface area contributed by atoms with E-state index in [0.717, 1.165) is 17.3 Å². The minimum atomic E-state index is 0.926. The third-order valence-electron chi connectivity index (χ3n) is 1.95. The number of thioether (sulfide) groups is 1. The molecule has 1 aromatic carbocycles. The second kappa shape index (κ2) is 3.75. The molecule has 0 saturated heterocycles. The molecule has 0 bridgehead atoms. The number of para-hydroxylation sites is 2. The molecule has 0 atom stereocenters. The number of benzene rings is 1. The topological polar surface area (TPSA) is 12.5 Å². The molecule has 3 heteroatoms. The maximum Gasteiger partial charge on any atom is 0.142 e. The highest BCUT2D eigenvalue weighted by Crippen LogP contribution is 2.31. The summed E-state index contributed by atoms with van der Waals surface area (Å²) in [7, 11) is 1.70. The van der Waals surface area contributed by atoms with Crippen LogP contribution in [0.15, 0.2) is 35.9 Å². The zero-order chi connectivity index (χ0) is 9.10. The van der Waals surface area contributed by atoms with Crippen molar-refractivity contribution in [3.63, 3.8) is 0 Å². The van der Waals surface area contributed by atoms with E-state index < -0.39 is 0 Å². The number of rotatable bonds is 2. The van der Waals surface area contributed by atoms with E-state index in [2.05, 4.69) is 22.6 Å². The van der Waals surface area contributed by atoms with Gasteiger partial charge in [0.2, 0.25) is 0 Å². The molecule has 0 aromatic heterocycles. The van der Waals surface area contributed by atoms with Crippen LogP contribution < -0.4 is 9.64 Å². The standard InChI is InChI=1S/C10H11NOS/c1-12-10-5-3-2-4-9(10)11-6-7-13-8-11/h2-7H,8H2,1H3. The molecule has 1 aliphatic rings. The van der Waals surface area contributed by atoms with Crippen LogP contribution in [0.2, 0.25) is 0 Å². The van der Waals surface area contributed by atoms with Gasteiger partial charge in [-0.2, -0.15) is 0 Å². The Bertz CT molecular complexity index is 324. The predicted molar refractivity (Wildman–Crippen MR) is 57.1 cm³/mol. The average molecular weight is 193 g/mol. The molecule has 68 valence electrons. The fraction of sp³-hybridized carbons (Fsp3) is 0.200. The Hall–Kier alpha value is -1.09. The smallest absolute Gasteiger partial charge is 0.142 e. The monoisotopic (exact) mass is 193 g/mol. The number of hydrogen-bond donors (Lipinski definition) is 0. The van der Waals surface area contributed by atoms with Gasteiger partial charge in [-0.3, -0.25) is 0 Å². The lowest BCUT2D eigenvalue weighted by Crippen LogP contribution is -2.11. The van der Waals surface area contributed by atoms with Gasteiger partial charge in [0.25, 0.3) is 0 Å². The van der Waals surface area contributed by atoms with Gasteiger partial charge in [0, 0.05) is 6.20 Å². The third-order valence-corrected chi connectivity index (χ3v) is 2.69. The first-order valence-corrected chi connectivity index (χ1v) is 5.14. The van der Waals surface area contributed by atoms with E-state index >= 15 is 0 Å². The molecule has 1 aromatic rings. The molecule has 2 nitrogen and oxygen atoms in total. The highest BCUT2D eigenvalue weighted by atomic mass is 32.2. The molecule has 0 amide bonds. The van der Waals surface area contributed by atoms with Gasteiger partial charge < -0.3 is 9.64 Å². The van der Waals surface area contributed by atoms with Gasteiger partial charge in [0.05, 0.1) is 18.7 Å². The third kappa shape index (κ3) is 1.65. The van der Waals surface area contributed by atoms with Crippen molar-refractivity contribution in [3.8, 4) is 5.75 Å². The minimum Gasteiger partial charge on any atom is -0.495 e. The molecule has 1 aliphatic heterocycles. The van der Waals surface area contributed by atoms with E-state index in [1.807, 2.05) is 18.2 Å².